The first-order chi connectivity index (χ1) is 17.0. The highest BCUT2D eigenvalue weighted by atomic mass is 19.1. The maximum Gasteiger partial charge on any atom is 0.257 e. The van der Waals surface area contributed by atoms with Gasteiger partial charge in [0.05, 0.1) is 45.7 Å². The summed E-state index contributed by atoms with van der Waals surface area (Å²) in [5.74, 6) is 0.388. The van der Waals surface area contributed by atoms with Crippen LogP contribution < -0.4 is 9.47 Å². The van der Waals surface area contributed by atoms with E-state index < -0.39 is 5.79 Å². The van der Waals surface area contributed by atoms with Gasteiger partial charge in [-0.05, 0) is 29.8 Å². The van der Waals surface area contributed by atoms with E-state index in [2.05, 4.69) is 4.90 Å². The van der Waals surface area contributed by atoms with E-state index in [0.717, 1.165) is 29.7 Å². The number of carbonyl (C=O) groups excluding carboxylic acids is 1. The van der Waals surface area contributed by atoms with Crippen molar-refractivity contribution >= 4 is 11.6 Å². The van der Waals surface area contributed by atoms with Gasteiger partial charge in [0.1, 0.15) is 17.3 Å². The zero-order valence-corrected chi connectivity index (χ0v) is 20.0. The Bertz CT molecular complexity index is 1090. The monoisotopic (exact) mass is 483 g/mol. The number of carbonyl (C=O) groups is 1. The highest BCUT2D eigenvalue weighted by molar-refractivity contribution is 6.03. The molecule has 0 unspecified atom stereocenters. The van der Waals surface area contributed by atoms with Crippen molar-refractivity contribution in [2.24, 2.45) is 5.10 Å². The minimum atomic E-state index is -0.486. The number of ether oxygens (including phenoxy) is 4. The van der Waals surface area contributed by atoms with Gasteiger partial charge in [0.25, 0.3) is 5.91 Å². The molecular formula is C26H30FN3O5. The Balaban J connectivity index is 1.38. The second-order valence-corrected chi connectivity index (χ2v) is 9.00. The van der Waals surface area contributed by atoms with Gasteiger partial charge in [-0.1, -0.05) is 12.1 Å². The summed E-state index contributed by atoms with van der Waals surface area (Å²) in [4.78, 5) is 15.7. The van der Waals surface area contributed by atoms with Crippen LogP contribution in [0.3, 0.4) is 0 Å². The van der Waals surface area contributed by atoms with Gasteiger partial charge in [-0.25, -0.2) is 9.40 Å². The first-order valence-electron chi connectivity index (χ1n) is 11.9. The lowest BCUT2D eigenvalue weighted by atomic mass is 9.97. The summed E-state index contributed by atoms with van der Waals surface area (Å²) in [6.45, 7) is 2.92. The number of hydrazone groups is 1. The van der Waals surface area contributed by atoms with Crippen LogP contribution in [-0.2, 0) is 14.3 Å². The Hall–Kier alpha value is -3.01. The van der Waals surface area contributed by atoms with E-state index in [1.54, 1.807) is 37.4 Å². The minimum absolute atomic E-state index is 0.103. The summed E-state index contributed by atoms with van der Waals surface area (Å²) in [6.07, 6.45) is 1.96. The molecule has 0 radical (unpaired) electrons. The molecule has 9 heteroatoms. The lowest BCUT2D eigenvalue weighted by Crippen LogP contribution is -2.48. The van der Waals surface area contributed by atoms with Crippen LogP contribution in [0.15, 0.2) is 47.6 Å². The smallest absolute Gasteiger partial charge is 0.257 e. The molecule has 0 aliphatic carbocycles. The van der Waals surface area contributed by atoms with Crippen molar-refractivity contribution in [1.82, 2.24) is 9.91 Å². The molecule has 2 saturated heterocycles. The minimum Gasteiger partial charge on any atom is -0.497 e. The second-order valence-electron chi connectivity index (χ2n) is 9.00. The van der Waals surface area contributed by atoms with E-state index in [1.807, 2.05) is 12.1 Å². The third kappa shape index (κ3) is 4.89. The van der Waals surface area contributed by atoms with Crippen LogP contribution in [0.1, 0.15) is 36.4 Å². The van der Waals surface area contributed by atoms with Gasteiger partial charge in [-0.3, -0.25) is 9.69 Å². The van der Waals surface area contributed by atoms with Crippen LogP contribution in [0.5, 0.6) is 11.5 Å². The molecule has 0 bridgehead atoms. The first-order valence-corrected chi connectivity index (χ1v) is 11.9. The average molecular weight is 484 g/mol. The van der Waals surface area contributed by atoms with E-state index in [-0.39, 0.29) is 24.3 Å². The van der Waals surface area contributed by atoms with Crippen molar-refractivity contribution in [3.8, 4) is 11.5 Å². The summed E-state index contributed by atoms with van der Waals surface area (Å²) in [5, 5.41) is 6.27. The highest BCUT2D eigenvalue weighted by Crippen LogP contribution is 2.39. The van der Waals surface area contributed by atoms with Crippen LogP contribution in [0.4, 0.5) is 4.39 Å². The van der Waals surface area contributed by atoms with Gasteiger partial charge in [0.15, 0.2) is 5.79 Å². The van der Waals surface area contributed by atoms with E-state index in [9.17, 15) is 9.18 Å². The fraction of sp³-hybridized carbons (Fsp3) is 0.462. The number of likely N-dealkylation sites (tertiary alicyclic amines) is 1. The molecule has 3 aliphatic rings. The summed E-state index contributed by atoms with van der Waals surface area (Å²) in [6, 6.07) is 11.4. The lowest BCUT2D eigenvalue weighted by Gasteiger charge is -2.37. The Morgan fingerprint density at radius 2 is 1.80 bits per heavy atom. The van der Waals surface area contributed by atoms with Gasteiger partial charge in [0.2, 0.25) is 0 Å². The molecule has 2 fully saturated rings. The van der Waals surface area contributed by atoms with Crippen LogP contribution >= 0.6 is 0 Å². The van der Waals surface area contributed by atoms with Gasteiger partial charge in [-0.2, -0.15) is 5.10 Å². The van der Waals surface area contributed by atoms with Gasteiger partial charge in [-0.15, -0.1) is 0 Å². The van der Waals surface area contributed by atoms with E-state index >= 15 is 0 Å². The zero-order valence-electron chi connectivity index (χ0n) is 20.0. The molecule has 35 heavy (non-hydrogen) atoms. The third-order valence-corrected chi connectivity index (χ3v) is 6.93. The van der Waals surface area contributed by atoms with Crippen molar-refractivity contribution < 1.29 is 28.1 Å². The molecule has 2 aromatic carbocycles. The van der Waals surface area contributed by atoms with Gasteiger partial charge < -0.3 is 18.9 Å². The van der Waals surface area contributed by atoms with Crippen molar-refractivity contribution in [3.05, 3.63) is 59.4 Å². The number of methoxy groups -OCH3 is 2. The quantitative estimate of drug-likeness (QED) is 0.628. The number of amides is 1. The Morgan fingerprint density at radius 1 is 1.09 bits per heavy atom. The molecule has 3 aliphatic heterocycles. The normalized spacial score (nSPS) is 21.9. The fourth-order valence-electron chi connectivity index (χ4n) is 4.99. The number of halogens is 1. The molecule has 5 rings (SSSR count). The molecule has 8 nitrogen and oxygen atoms in total. The van der Waals surface area contributed by atoms with Crippen LogP contribution in [0, 0.1) is 5.82 Å². The van der Waals surface area contributed by atoms with E-state index in [4.69, 9.17) is 24.0 Å². The number of rotatable bonds is 6. The van der Waals surface area contributed by atoms with Gasteiger partial charge in [0, 0.05) is 44.0 Å². The predicted octanol–water partition coefficient (Wildman–Crippen LogP) is 3.36. The maximum atomic E-state index is 13.6. The molecule has 186 valence electrons. The van der Waals surface area contributed by atoms with Crippen molar-refractivity contribution in [2.75, 3.05) is 47.1 Å². The van der Waals surface area contributed by atoms with Gasteiger partial charge >= 0.3 is 0 Å². The van der Waals surface area contributed by atoms with Crippen molar-refractivity contribution in [2.45, 2.75) is 31.1 Å². The fourth-order valence-corrected chi connectivity index (χ4v) is 4.99. The summed E-state index contributed by atoms with van der Waals surface area (Å²) < 4.78 is 36.1. The number of piperidine rings is 1. The van der Waals surface area contributed by atoms with Crippen molar-refractivity contribution in [1.29, 1.82) is 0 Å². The van der Waals surface area contributed by atoms with Crippen LogP contribution in [0.2, 0.25) is 0 Å². The molecule has 1 atom stereocenters. The number of hydrogen-bond acceptors (Lipinski definition) is 7. The second kappa shape index (κ2) is 9.93. The standard InChI is InChI=1S/C26H30FN3O5/c1-32-20-7-8-21(24(15-20)33-2)23-16-22(18-3-5-19(27)6-4-18)28-30(23)25(31)17-29-11-9-26(10-12-29)34-13-14-35-26/h3-8,15,23H,9-14,16-17H2,1-2H3/t23-/m1/s1. The summed E-state index contributed by atoms with van der Waals surface area (Å²) in [7, 11) is 3.19. The van der Waals surface area contributed by atoms with E-state index in [0.29, 0.717) is 44.2 Å². The van der Waals surface area contributed by atoms with Crippen LogP contribution in [0.25, 0.3) is 0 Å². The first kappa shape index (κ1) is 23.7. The molecule has 1 amide bonds. The number of hydrogen-bond donors (Lipinski definition) is 0. The SMILES string of the molecule is COc1ccc([C@H]2CC(c3ccc(F)cc3)=NN2C(=O)CN2CCC3(CC2)OCCO3)c(OC)c1. The average Bonchev–Trinajstić information content (AvgIpc) is 3.53. The zero-order chi connectivity index (χ0) is 24.4. The molecular weight excluding hydrogens is 453 g/mol. The maximum absolute atomic E-state index is 13.6. The van der Waals surface area contributed by atoms with Crippen LogP contribution in [-0.4, -0.2) is 74.4 Å². The molecule has 2 aromatic rings. The number of nitrogens with zero attached hydrogens (tertiary/aromatic N) is 3. The molecule has 0 aromatic heterocycles. The topological polar surface area (TPSA) is 72.8 Å². The van der Waals surface area contributed by atoms with Crippen molar-refractivity contribution in [3.63, 3.8) is 0 Å². The Kier molecular flexibility index (Phi) is 6.73. The van der Waals surface area contributed by atoms with E-state index in [1.165, 1.54) is 12.1 Å². The molecule has 0 N–H and O–H groups in total. The molecule has 3 heterocycles. The predicted molar refractivity (Wildman–Crippen MR) is 127 cm³/mol. The molecule has 0 saturated carbocycles. The Labute approximate surface area is 204 Å². The number of benzene rings is 2. The third-order valence-electron chi connectivity index (χ3n) is 6.93. The molecule has 1 spiro atoms. The summed E-state index contributed by atoms with van der Waals surface area (Å²) >= 11 is 0. The summed E-state index contributed by atoms with van der Waals surface area (Å²) in [5.41, 5.74) is 2.36. The highest BCUT2D eigenvalue weighted by Gasteiger charge is 2.41. The lowest BCUT2D eigenvalue weighted by molar-refractivity contribution is -0.186. The largest absolute Gasteiger partial charge is 0.497 e. The Morgan fingerprint density at radius 3 is 2.46 bits per heavy atom.